The van der Waals surface area contributed by atoms with E-state index < -0.39 is 10.1 Å². The fourth-order valence-electron chi connectivity index (χ4n) is 1.54. The highest BCUT2D eigenvalue weighted by molar-refractivity contribution is 7.85. The fourth-order valence-corrected chi connectivity index (χ4v) is 2.04. The summed E-state index contributed by atoms with van der Waals surface area (Å²) < 4.78 is 29.4. The summed E-state index contributed by atoms with van der Waals surface area (Å²) in [5.74, 6) is -0.126. The molecule has 0 spiro atoms. The average Bonchev–Trinajstić information content (AvgIpc) is 2.06. The first-order chi connectivity index (χ1) is 6.47. The quantitative estimate of drug-likeness (QED) is 0.651. The van der Waals surface area contributed by atoms with E-state index in [1.807, 2.05) is 0 Å². The van der Waals surface area contributed by atoms with E-state index in [4.69, 9.17) is 4.55 Å². The zero-order chi connectivity index (χ0) is 10.6. The standard InChI is InChI=1S/C8H18N2O3S/c1-9-4-6-10(7-5-9)3-2-8-14(11,12)13/h2-8H2,1H3,(H,11,12,13). The molecule has 1 aliphatic heterocycles. The van der Waals surface area contributed by atoms with Gasteiger partial charge in [-0.05, 0) is 20.0 Å². The molecule has 0 aliphatic carbocycles. The van der Waals surface area contributed by atoms with Crippen LogP contribution in [-0.2, 0) is 10.1 Å². The first-order valence-electron chi connectivity index (χ1n) is 4.83. The van der Waals surface area contributed by atoms with Gasteiger partial charge in [-0.3, -0.25) is 4.55 Å². The molecule has 0 unspecified atom stereocenters. The second-order valence-corrected chi connectivity index (χ2v) is 5.36. The largest absolute Gasteiger partial charge is 0.304 e. The van der Waals surface area contributed by atoms with Gasteiger partial charge in [-0.2, -0.15) is 8.42 Å². The Labute approximate surface area is 85.4 Å². The summed E-state index contributed by atoms with van der Waals surface area (Å²) in [6.45, 7) is 4.80. The number of rotatable bonds is 4. The lowest BCUT2D eigenvalue weighted by atomic mass is 10.3. The Morgan fingerprint density at radius 3 is 2.29 bits per heavy atom. The molecule has 1 heterocycles. The topological polar surface area (TPSA) is 60.9 Å². The van der Waals surface area contributed by atoms with Crippen LogP contribution in [0.15, 0.2) is 0 Å². The first-order valence-corrected chi connectivity index (χ1v) is 6.44. The molecule has 0 aromatic heterocycles. The van der Waals surface area contributed by atoms with Gasteiger partial charge in [0.15, 0.2) is 0 Å². The SMILES string of the molecule is CN1CCN(CCCS(=O)(=O)O)CC1. The van der Waals surface area contributed by atoms with Crippen LogP contribution in [0.5, 0.6) is 0 Å². The molecule has 0 bridgehead atoms. The van der Waals surface area contributed by atoms with Crippen molar-refractivity contribution in [1.82, 2.24) is 9.80 Å². The summed E-state index contributed by atoms with van der Waals surface area (Å²) >= 11 is 0. The van der Waals surface area contributed by atoms with Gasteiger partial charge in [0.1, 0.15) is 0 Å². The lowest BCUT2D eigenvalue weighted by molar-refractivity contribution is 0.154. The Bertz CT molecular complexity index is 258. The van der Waals surface area contributed by atoms with Crippen molar-refractivity contribution in [2.24, 2.45) is 0 Å². The molecule has 1 saturated heterocycles. The van der Waals surface area contributed by atoms with E-state index in [0.29, 0.717) is 6.42 Å². The Morgan fingerprint density at radius 2 is 1.79 bits per heavy atom. The molecular weight excluding hydrogens is 204 g/mol. The molecule has 0 aromatic rings. The molecule has 5 nitrogen and oxygen atoms in total. The van der Waals surface area contributed by atoms with Crippen molar-refractivity contribution in [3.8, 4) is 0 Å². The van der Waals surface area contributed by atoms with Crippen LogP contribution < -0.4 is 0 Å². The predicted octanol–water partition coefficient (Wildman–Crippen LogP) is -0.488. The normalized spacial score (nSPS) is 21.3. The van der Waals surface area contributed by atoms with Crippen molar-refractivity contribution in [3.63, 3.8) is 0 Å². The van der Waals surface area contributed by atoms with Crippen molar-refractivity contribution in [2.75, 3.05) is 45.5 Å². The van der Waals surface area contributed by atoms with E-state index in [0.717, 1.165) is 32.7 Å². The molecular formula is C8H18N2O3S. The summed E-state index contributed by atoms with van der Waals surface area (Å²) in [7, 11) is -1.69. The third-order valence-corrected chi connectivity index (χ3v) is 3.28. The molecule has 0 aromatic carbocycles. The summed E-state index contributed by atoms with van der Waals surface area (Å²) in [5.41, 5.74) is 0. The van der Waals surface area contributed by atoms with E-state index in [9.17, 15) is 8.42 Å². The van der Waals surface area contributed by atoms with E-state index in [1.165, 1.54) is 0 Å². The summed E-state index contributed by atoms with van der Waals surface area (Å²) in [4.78, 5) is 4.48. The molecule has 0 saturated carbocycles. The number of likely N-dealkylation sites (N-methyl/N-ethyl adjacent to an activating group) is 1. The van der Waals surface area contributed by atoms with E-state index in [1.54, 1.807) is 0 Å². The van der Waals surface area contributed by atoms with Gasteiger partial charge in [-0.25, -0.2) is 0 Å². The summed E-state index contributed by atoms with van der Waals surface area (Å²) in [6, 6.07) is 0. The average molecular weight is 222 g/mol. The molecule has 0 amide bonds. The van der Waals surface area contributed by atoms with Gasteiger partial charge < -0.3 is 9.80 Å². The van der Waals surface area contributed by atoms with Crippen LogP contribution in [0.4, 0.5) is 0 Å². The maximum Gasteiger partial charge on any atom is 0.264 e. The lowest BCUT2D eigenvalue weighted by Crippen LogP contribution is -2.44. The van der Waals surface area contributed by atoms with Crippen LogP contribution in [0.25, 0.3) is 0 Å². The summed E-state index contributed by atoms with van der Waals surface area (Å²) in [6.07, 6.45) is 0.516. The van der Waals surface area contributed by atoms with Crippen molar-refractivity contribution in [1.29, 1.82) is 0 Å². The van der Waals surface area contributed by atoms with Crippen molar-refractivity contribution >= 4 is 10.1 Å². The molecule has 14 heavy (non-hydrogen) atoms. The minimum absolute atomic E-state index is 0.126. The third-order valence-electron chi connectivity index (χ3n) is 2.47. The second kappa shape index (κ2) is 5.06. The Morgan fingerprint density at radius 1 is 1.21 bits per heavy atom. The van der Waals surface area contributed by atoms with Crippen molar-refractivity contribution in [3.05, 3.63) is 0 Å². The van der Waals surface area contributed by atoms with Crippen molar-refractivity contribution < 1.29 is 13.0 Å². The zero-order valence-corrected chi connectivity index (χ0v) is 9.33. The monoisotopic (exact) mass is 222 g/mol. The van der Waals surface area contributed by atoms with E-state index in [2.05, 4.69) is 16.8 Å². The van der Waals surface area contributed by atoms with Crippen LogP contribution in [-0.4, -0.2) is 68.3 Å². The molecule has 1 rings (SSSR count). The Kier molecular flexibility index (Phi) is 4.31. The Balaban J connectivity index is 2.14. The van der Waals surface area contributed by atoms with E-state index in [-0.39, 0.29) is 5.75 Å². The van der Waals surface area contributed by atoms with Crippen LogP contribution >= 0.6 is 0 Å². The highest BCUT2D eigenvalue weighted by atomic mass is 32.2. The molecule has 1 aliphatic rings. The molecule has 1 fully saturated rings. The first kappa shape index (κ1) is 11.9. The number of piperazine rings is 1. The second-order valence-electron chi connectivity index (χ2n) is 3.78. The maximum absolute atomic E-state index is 10.5. The van der Waals surface area contributed by atoms with Crippen LogP contribution in [0.2, 0.25) is 0 Å². The minimum atomic E-state index is -3.77. The van der Waals surface area contributed by atoms with Gasteiger partial charge in [-0.1, -0.05) is 0 Å². The molecule has 6 heteroatoms. The number of nitrogens with zero attached hydrogens (tertiary/aromatic N) is 2. The molecule has 0 radical (unpaired) electrons. The molecule has 84 valence electrons. The van der Waals surface area contributed by atoms with Gasteiger partial charge in [0.25, 0.3) is 10.1 Å². The van der Waals surface area contributed by atoms with Crippen LogP contribution in [0.1, 0.15) is 6.42 Å². The van der Waals surface area contributed by atoms with Gasteiger partial charge in [0.2, 0.25) is 0 Å². The smallest absolute Gasteiger partial charge is 0.264 e. The van der Waals surface area contributed by atoms with Gasteiger partial charge in [0.05, 0.1) is 5.75 Å². The highest BCUT2D eigenvalue weighted by Crippen LogP contribution is 2.00. The predicted molar refractivity (Wildman–Crippen MR) is 55.0 cm³/mol. The lowest BCUT2D eigenvalue weighted by Gasteiger charge is -2.32. The summed E-state index contributed by atoms with van der Waals surface area (Å²) in [5, 5.41) is 0. The van der Waals surface area contributed by atoms with Gasteiger partial charge >= 0.3 is 0 Å². The number of hydrogen-bond donors (Lipinski definition) is 1. The third kappa shape index (κ3) is 4.90. The van der Waals surface area contributed by atoms with Crippen molar-refractivity contribution in [2.45, 2.75) is 6.42 Å². The Hall–Kier alpha value is -0.170. The van der Waals surface area contributed by atoms with Crippen LogP contribution in [0.3, 0.4) is 0 Å². The zero-order valence-electron chi connectivity index (χ0n) is 8.52. The molecule has 0 atom stereocenters. The van der Waals surface area contributed by atoms with Crippen LogP contribution in [0, 0.1) is 0 Å². The van der Waals surface area contributed by atoms with Gasteiger partial charge in [0, 0.05) is 26.2 Å². The molecule has 1 N–H and O–H groups in total. The van der Waals surface area contributed by atoms with E-state index >= 15 is 0 Å². The fraction of sp³-hybridized carbons (Fsp3) is 1.00. The maximum atomic E-state index is 10.5. The highest BCUT2D eigenvalue weighted by Gasteiger charge is 2.14. The minimum Gasteiger partial charge on any atom is -0.304 e. The van der Waals surface area contributed by atoms with Gasteiger partial charge in [-0.15, -0.1) is 0 Å². The number of hydrogen-bond acceptors (Lipinski definition) is 4.